The van der Waals surface area contributed by atoms with Crippen molar-refractivity contribution in [1.29, 1.82) is 0 Å². The van der Waals surface area contributed by atoms with Crippen molar-refractivity contribution in [3.8, 4) is 0 Å². The highest BCUT2D eigenvalue weighted by atomic mass is 32.2. The Morgan fingerprint density at radius 1 is 1.00 bits per heavy atom. The number of hydrogen-bond acceptors (Lipinski definition) is 3. The van der Waals surface area contributed by atoms with Crippen molar-refractivity contribution in [3.63, 3.8) is 0 Å². The van der Waals surface area contributed by atoms with Crippen LogP contribution in [0.3, 0.4) is 0 Å². The summed E-state index contributed by atoms with van der Waals surface area (Å²) in [5.74, 6) is 0. The zero-order valence-corrected chi connectivity index (χ0v) is 9.76. The highest BCUT2D eigenvalue weighted by Crippen LogP contribution is 2.03. The van der Waals surface area contributed by atoms with Crippen molar-refractivity contribution in [2.24, 2.45) is 0 Å². The van der Waals surface area contributed by atoms with Crippen LogP contribution in [0.2, 0.25) is 0 Å². The highest BCUT2D eigenvalue weighted by molar-refractivity contribution is 7.88. The number of hydrogen-bond donors (Lipinski definition) is 0. The van der Waals surface area contributed by atoms with E-state index in [1.165, 1.54) is 10.6 Å². The lowest BCUT2D eigenvalue weighted by molar-refractivity contribution is 0.223. The van der Waals surface area contributed by atoms with E-state index >= 15 is 0 Å². The van der Waals surface area contributed by atoms with Crippen LogP contribution in [0.15, 0.2) is 0 Å². The molecule has 0 amide bonds. The quantitative estimate of drug-likeness (QED) is 0.619. The molecule has 1 aliphatic rings. The first-order valence-corrected chi connectivity index (χ1v) is 6.48. The first-order chi connectivity index (χ1) is 6.00. The Balaban J connectivity index is 0.000000671. The SMILES string of the molecule is CC.CN1CCN(S(C)(=O)=O)CC1. The third-order valence-corrected chi connectivity index (χ3v) is 3.23. The fourth-order valence-corrected chi connectivity index (χ4v) is 1.95. The molecular weight excluding hydrogens is 188 g/mol. The van der Waals surface area contributed by atoms with Crippen LogP contribution in [0.1, 0.15) is 13.8 Å². The predicted molar refractivity (Wildman–Crippen MR) is 55.3 cm³/mol. The molecule has 0 aliphatic carbocycles. The standard InChI is InChI=1S/C6H14N2O2S.C2H6/c1-7-3-5-8(6-4-7)11(2,9)10;1-2/h3-6H2,1-2H3;1-2H3. The van der Waals surface area contributed by atoms with Crippen LogP contribution in [-0.2, 0) is 10.0 Å². The molecule has 0 spiro atoms. The van der Waals surface area contributed by atoms with Gasteiger partial charge in [0.15, 0.2) is 0 Å². The van der Waals surface area contributed by atoms with Crippen molar-refractivity contribution >= 4 is 10.0 Å². The van der Waals surface area contributed by atoms with Crippen LogP contribution >= 0.6 is 0 Å². The number of rotatable bonds is 1. The van der Waals surface area contributed by atoms with Gasteiger partial charge in [-0.3, -0.25) is 0 Å². The van der Waals surface area contributed by atoms with E-state index in [1.54, 1.807) is 0 Å². The van der Waals surface area contributed by atoms with Crippen molar-refractivity contribution in [1.82, 2.24) is 9.21 Å². The maximum absolute atomic E-state index is 11.0. The Morgan fingerprint density at radius 2 is 1.38 bits per heavy atom. The third kappa shape index (κ3) is 4.59. The Bertz CT molecular complexity index is 218. The summed E-state index contributed by atoms with van der Waals surface area (Å²) in [6.07, 6.45) is 1.26. The van der Waals surface area contributed by atoms with Gasteiger partial charge in [0.1, 0.15) is 0 Å². The fraction of sp³-hybridized carbons (Fsp3) is 1.00. The highest BCUT2D eigenvalue weighted by Gasteiger charge is 2.20. The molecule has 4 nitrogen and oxygen atoms in total. The first-order valence-electron chi connectivity index (χ1n) is 4.64. The Kier molecular flexibility index (Phi) is 5.51. The van der Waals surface area contributed by atoms with Gasteiger partial charge in [-0.2, -0.15) is 4.31 Å². The lowest BCUT2D eigenvalue weighted by atomic mass is 10.4. The van der Waals surface area contributed by atoms with Gasteiger partial charge >= 0.3 is 0 Å². The summed E-state index contributed by atoms with van der Waals surface area (Å²) < 4.78 is 23.5. The van der Waals surface area contributed by atoms with Crippen LogP contribution < -0.4 is 0 Å². The van der Waals surface area contributed by atoms with E-state index in [0.717, 1.165) is 13.1 Å². The largest absolute Gasteiger partial charge is 0.304 e. The molecule has 5 heteroatoms. The number of likely N-dealkylation sites (N-methyl/N-ethyl adjacent to an activating group) is 1. The van der Waals surface area contributed by atoms with Crippen molar-refractivity contribution in [3.05, 3.63) is 0 Å². The van der Waals surface area contributed by atoms with Crippen LogP contribution in [-0.4, -0.2) is 57.1 Å². The predicted octanol–water partition coefficient (Wildman–Crippen LogP) is 0.220. The van der Waals surface area contributed by atoms with E-state index in [4.69, 9.17) is 0 Å². The Morgan fingerprint density at radius 3 is 1.69 bits per heavy atom. The molecule has 1 saturated heterocycles. The maximum Gasteiger partial charge on any atom is 0.211 e. The van der Waals surface area contributed by atoms with Gasteiger partial charge in [0.25, 0.3) is 0 Å². The lowest BCUT2D eigenvalue weighted by Gasteiger charge is -2.30. The molecule has 0 aromatic rings. The summed E-state index contributed by atoms with van der Waals surface area (Å²) in [7, 11) is -0.943. The molecule has 80 valence electrons. The van der Waals surface area contributed by atoms with E-state index in [2.05, 4.69) is 4.90 Å². The van der Waals surface area contributed by atoms with Crippen molar-refractivity contribution in [2.45, 2.75) is 13.8 Å². The van der Waals surface area contributed by atoms with E-state index in [-0.39, 0.29) is 0 Å². The molecule has 0 bridgehead atoms. The van der Waals surface area contributed by atoms with Gasteiger partial charge in [0.05, 0.1) is 6.26 Å². The second-order valence-corrected chi connectivity index (χ2v) is 4.95. The van der Waals surface area contributed by atoms with Gasteiger partial charge in [-0.15, -0.1) is 0 Å². The summed E-state index contributed by atoms with van der Waals surface area (Å²) >= 11 is 0. The van der Waals surface area contributed by atoms with Gasteiger partial charge in [-0.1, -0.05) is 13.8 Å². The summed E-state index contributed by atoms with van der Waals surface area (Å²) in [6, 6.07) is 0. The average molecular weight is 208 g/mol. The average Bonchev–Trinajstić information content (AvgIpc) is 2.07. The normalized spacial score (nSPS) is 20.6. The number of piperazine rings is 1. The van der Waals surface area contributed by atoms with Gasteiger partial charge in [-0.05, 0) is 7.05 Å². The second kappa shape index (κ2) is 5.57. The third-order valence-electron chi connectivity index (χ3n) is 1.93. The van der Waals surface area contributed by atoms with Gasteiger partial charge in [0.2, 0.25) is 10.0 Å². The molecule has 0 unspecified atom stereocenters. The van der Waals surface area contributed by atoms with Crippen LogP contribution in [0, 0.1) is 0 Å². The topological polar surface area (TPSA) is 40.6 Å². The summed E-state index contributed by atoms with van der Waals surface area (Å²) in [6.45, 7) is 6.95. The Labute approximate surface area is 81.6 Å². The molecule has 0 aromatic heterocycles. The summed E-state index contributed by atoms with van der Waals surface area (Å²) in [5.41, 5.74) is 0. The molecule has 1 heterocycles. The first kappa shape index (κ1) is 12.9. The van der Waals surface area contributed by atoms with E-state index in [9.17, 15) is 8.42 Å². The molecule has 1 rings (SSSR count). The van der Waals surface area contributed by atoms with Gasteiger partial charge in [0, 0.05) is 26.2 Å². The number of sulfonamides is 1. The van der Waals surface area contributed by atoms with Gasteiger partial charge < -0.3 is 4.90 Å². The number of nitrogens with zero attached hydrogens (tertiary/aromatic N) is 2. The van der Waals surface area contributed by atoms with E-state index in [1.807, 2.05) is 20.9 Å². The minimum absolute atomic E-state index is 0.634. The maximum atomic E-state index is 11.0. The Hall–Kier alpha value is -0.130. The summed E-state index contributed by atoms with van der Waals surface area (Å²) in [4.78, 5) is 2.13. The second-order valence-electron chi connectivity index (χ2n) is 2.97. The van der Waals surface area contributed by atoms with Gasteiger partial charge in [-0.25, -0.2) is 8.42 Å². The van der Waals surface area contributed by atoms with Crippen LogP contribution in [0.5, 0.6) is 0 Å². The molecule has 0 aromatic carbocycles. The monoisotopic (exact) mass is 208 g/mol. The lowest BCUT2D eigenvalue weighted by Crippen LogP contribution is -2.46. The molecule has 0 radical (unpaired) electrons. The zero-order chi connectivity index (χ0) is 10.5. The van der Waals surface area contributed by atoms with E-state index < -0.39 is 10.0 Å². The molecule has 0 atom stereocenters. The fourth-order valence-electron chi connectivity index (χ4n) is 1.12. The zero-order valence-electron chi connectivity index (χ0n) is 8.95. The van der Waals surface area contributed by atoms with E-state index in [0.29, 0.717) is 13.1 Å². The summed E-state index contributed by atoms with van der Waals surface area (Å²) in [5, 5.41) is 0. The molecular formula is C8H20N2O2S. The minimum Gasteiger partial charge on any atom is -0.304 e. The molecule has 0 N–H and O–H groups in total. The molecule has 1 fully saturated rings. The smallest absolute Gasteiger partial charge is 0.211 e. The molecule has 13 heavy (non-hydrogen) atoms. The minimum atomic E-state index is -2.94. The van der Waals surface area contributed by atoms with Crippen molar-refractivity contribution in [2.75, 3.05) is 39.5 Å². The van der Waals surface area contributed by atoms with Crippen molar-refractivity contribution < 1.29 is 8.42 Å². The molecule has 0 saturated carbocycles. The molecule has 1 aliphatic heterocycles. The van der Waals surface area contributed by atoms with Crippen LogP contribution in [0.25, 0.3) is 0 Å². The van der Waals surface area contributed by atoms with Crippen LogP contribution in [0.4, 0.5) is 0 Å².